The second-order valence-corrected chi connectivity index (χ2v) is 20.0. The monoisotopic (exact) mass is 848 g/mol. The van der Waals surface area contributed by atoms with E-state index in [1.165, 1.54) is 19.6 Å². The maximum Gasteiger partial charge on any atom is 0.322 e. The number of aromatic amines is 1. The van der Waals surface area contributed by atoms with E-state index in [9.17, 15) is 14.7 Å². The van der Waals surface area contributed by atoms with Crippen molar-refractivity contribution >= 4 is 34.5 Å². The zero-order valence-corrected chi connectivity index (χ0v) is 37.9. The standard InChI is InChI=1S/C50H64N4O8/c1-10-31-23-32-26-49(45(57)60-9,40-34(17-21-53(27-31)28-32)33-15-12-13-16-37(33)51-40)36-24-35-38(25-39(36)59-8)52(7)42-48(35)19-22-54-20-14-18-47(11-2,41(48)54)43(62-30(3)55)50(42,58)29-61-44(56)46(4,5)6/h12-16,18,23-25,32,41-43,51,58H,10-11,17,19-22,26-29H2,1-9H3/t32-,41+,42+,43+,47+,48-,49-,50-/m0/s1. The summed E-state index contributed by atoms with van der Waals surface area (Å²) >= 11 is 0. The van der Waals surface area contributed by atoms with Gasteiger partial charge in [-0.2, -0.15) is 0 Å². The fraction of sp³-hybridized carbons (Fsp3) is 0.580. The van der Waals surface area contributed by atoms with E-state index in [-0.39, 0.29) is 24.5 Å². The minimum atomic E-state index is -1.87. The van der Waals surface area contributed by atoms with Crippen LogP contribution in [0.3, 0.4) is 0 Å². The summed E-state index contributed by atoms with van der Waals surface area (Å²) in [5, 5.41) is 14.9. The highest BCUT2D eigenvalue weighted by atomic mass is 16.6. The average molecular weight is 849 g/mol. The zero-order chi connectivity index (χ0) is 44.1. The number of para-hydroxylation sites is 1. The Hall–Kier alpha value is -4.65. The van der Waals surface area contributed by atoms with Gasteiger partial charge in [-0.1, -0.05) is 55.8 Å². The minimum Gasteiger partial charge on any atom is -0.496 e. The molecule has 2 N–H and O–H groups in total. The molecule has 1 spiro atoms. The molecule has 2 aromatic carbocycles. The molecule has 3 aromatic rings. The predicted molar refractivity (Wildman–Crippen MR) is 237 cm³/mol. The van der Waals surface area contributed by atoms with Gasteiger partial charge in [0.25, 0.3) is 0 Å². The Bertz CT molecular complexity index is 2380. The van der Waals surface area contributed by atoms with E-state index in [0.29, 0.717) is 37.1 Å². The fourth-order valence-corrected chi connectivity index (χ4v) is 13.4. The Labute approximate surface area is 365 Å². The first-order valence-corrected chi connectivity index (χ1v) is 22.6. The Morgan fingerprint density at radius 2 is 1.81 bits per heavy atom. The third-order valence-electron chi connectivity index (χ3n) is 15.7. The van der Waals surface area contributed by atoms with E-state index < -0.39 is 51.3 Å². The van der Waals surface area contributed by atoms with Crippen LogP contribution in [0.5, 0.6) is 5.75 Å². The van der Waals surface area contributed by atoms with Gasteiger partial charge in [0.1, 0.15) is 23.9 Å². The lowest BCUT2D eigenvalue weighted by Crippen LogP contribution is -2.80. The van der Waals surface area contributed by atoms with Crippen molar-refractivity contribution in [1.29, 1.82) is 0 Å². The second-order valence-electron chi connectivity index (χ2n) is 20.0. The van der Waals surface area contributed by atoms with Crippen LogP contribution < -0.4 is 9.64 Å². The first kappa shape index (κ1) is 42.6. The molecular formula is C50H64N4O8. The highest BCUT2D eigenvalue weighted by Crippen LogP contribution is 2.68. The molecule has 0 radical (unpaired) electrons. The van der Waals surface area contributed by atoms with E-state index in [2.05, 4.69) is 76.0 Å². The van der Waals surface area contributed by atoms with Crippen molar-refractivity contribution in [3.8, 4) is 5.75 Å². The molecule has 1 aromatic heterocycles. The van der Waals surface area contributed by atoms with E-state index in [1.807, 2.05) is 19.2 Å². The van der Waals surface area contributed by atoms with Gasteiger partial charge in [0, 0.05) is 90.9 Å². The Kier molecular flexibility index (Phi) is 10.3. The van der Waals surface area contributed by atoms with Gasteiger partial charge in [0.15, 0.2) is 5.60 Å². The molecule has 6 aliphatic rings. The highest BCUT2D eigenvalue weighted by molar-refractivity contribution is 5.94. The second kappa shape index (κ2) is 15.0. The van der Waals surface area contributed by atoms with Gasteiger partial charge in [-0.3, -0.25) is 24.2 Å². The molecule has 1 saturated heterocycles. The van der Waals surface area contributed by atoms with Crippen molar-refractivity contribution < 1.29 is 38.4 Å². The number of nitrogens with one attached hydrogen (secondary N) is 1. The number of nitrogens with zero attached hydrogens (tertiary/aromatic N) is 3. The summed E-state index contributed by atoms with van der Waals surface area (Å²) in [6, 6.07) is 11.6. The third-order valence-corrected chi connectivity index (χ3v) is 15.7. The van der Waals surface area contributed by atoms with E-state index >= 15 is 4.79 Å². The number of hydrogen-bond donors (Lipinski definition) is 2. The SMILES string of the molecule is CCC1=C[C@@H]2CN(CCc3c([nH]c4ccccc34)[C@@](C(=O)OC)(c3cc4c(cc3OC)N(C)[C@H]3[C@@](O)(COC(=O)C(C)(C)C)[C@H](OC(C)=O)[C@]5(CC)C=CCN6CC[C@@]43[C@H]65)C2)C1. The molecule has 9 atom stereocenters. The van der Waals surface area contributed by atoms with Gasteiger partial charge < -0.3 is 33.9 Å². The number of benzene rings is 2. The Morgan fingerprint density at radius 1 is 1.03 bits per heavy atom. The van der Waals surface area contributed by atoms with Crippen molar-refractivity contribution in [3.63, 3.8) is 0 Å². The van der Waals surface area contributed by atoms with Crippen LogP contribution in [0.25, 0.3) is 10.9 Å². The summed E-state index contributed by atoms with van der Waals surface area (Å²) in [4.78, 5) is 53.1. The van der Waals surface area contributed by atoms with Gasteiger partial charge >= 0.3 is 17.9 Å². The molecule has 6 heterocycles. The first-order chi connectivity index (χ1) is 29.5. The number of fused-ring (bicyclic) bond motifs is 6. The maximum absolute atomic E-state index is 15.4. The molecule has 12 nitrogen and oxygen atoms in total. The van der Waals surface area contributed by atoms with Gasteiger partial charge in [0.2, 0.25) is 0 Å². The number of H-pyrrole nitrogens is 1. The Morgan fingerprint density at radius 3 is 2.50 bits per heavy atom. The number of esters is 3. The molecule has 2 bridgehead atoms. The number of carbonyl (C=O) groups excluding carboxylic acids is 3. The number of likely N-dealkylation sites (N-methyl/N-ethyl adjacent to an activating group) is 1. The number of aromatic nitrogens is 1. The quantitative estimate of drug-likeness (QED) is 0.152. The lowest BCUT2D eigenvalue weighted by Gasteiger charge is -2.64. The van der Waals surface area contributed by atoms with Gasteiger partial charge in [-0.15, -0.1) is 0 Å². The number of carbonyl (C=O) groups is 3. The topological polar surface area (TPSA) is 134 Å². The molecule has 0 amide bonds. The lowest BCUT2D eigenvalue weighted by molar-refractivity contribution is -0.233. The highest BCUT2D eigenvalue weighted by Gasteiger charge is 2.78. The summed E-state index contributed by atoms with van der Waals surface area (Å²) in [6.45, 7) is 14.6. The van der Waals surface area contributed by atoms with E-state index in [4.69, 9.17) is 18.9 Å². The van der Waals surface area contributed by atoms with Crippen LogP contribution >= 0.6 is 0 Å². The number of rotatable bonds is 8. The maximum atomic E-state index is 15.4. The fourth-order valence-electron chi connectivity index (χ4n) is 13.4. The molecule has 5 aliphatic heterocycles. The van der Waals surface area contributed by atoms with Crippen LogP contribution in [-0.2, 0) is 45.8 Å². The molecule has 1 aliphatic carbocycles. The number of anilines is 1. The van der Waals surface area contributed by atoms with Crippen molar-refractivity contribution in [1.82, 2.24) is 14.8 Å². The average Bonchev–Trinajstić information content (AvgIpc) is 3.92. The van der Waals surface area contributed by atoms with Crippen LogP contribution in [0.2, 0.25) is 0 Å². The van der Waals surface area contributed by atoms with Crippen LogP contribution in [0, 0.1) is 16.7 Å². The minimum absolute atomic E-state index is 0.0293. The number of ether oxygens (including phenoxy) is 4. The molecule has 1 saturated carbocycles. The molecule has 12 heteroatoms. The summed E-state index contributed by atoms with van der Waals surface area (Å²) in [6.07, 6.45) is 8.94. The van der Waals surface area contributed by atoms with Crippen LogP contribution in [0.1, 0.15) is 89.6 Å². The summed E-state index contributed by atoms with van der Waals surface area (Å²) in [5.41, 5.74) is 1.11. The van der Waals surface area contributed by atoms with Gasteiger partial charge in [-0.25, -0.2) is 0 Å². The lowest BCUT2D eigenvalue weighted by atomic mass is 9.47. The molecule has 2 fully saturated rings. The molecule has 332 valence electrons. The molecule has 9 rings (SSSR count). The number of hydrogen-bond acceptors (Lipinski definition) is 11. The summed E-state index contributed by atoms with van der Waals surface area (Å²) in [7, 11) is 5.11. The summed E-state index contributed by atoms with van der Waals surface area (Å²) < 4.78 is 25.0. The molecule has 62 heavy (non-hydrogen) atoms. The van der Waals surface area contributed by atoms with Crippen molar-refractivity contribution in [3.05, 3.63) is 82.6 Å². The first-order valence-electron chi connectivity index (χ1n) is 22.6. The molecule has 1 unspecified atom stereocenters. The largest absolute Gasteiger partial charge is 0.496 e. The van der Waals surface area contributed by atoms with Crippen LogP contribution in [-0.4, -0.2) is 122 Å². The normalized spacial score (nSPS) is 33.5. The van der Waals surface area contributed by atoms with Crippen LogP contribution in [0.15, 0.2) is 60.2 Å². The predicted octanol–water partition coefficient (Wildman–Crippen LogP) is 6.21. The van der Waals surface area contributed by atoms with Gasteiger partial charge in [-0.05, 0) is 88.6 Å². The van der Waals surface area contributed by atoms with Crippen molar-refractivity contribution in [2.24, 2.45) is 16.7 Å². The number of aliphatic hydroxyl groups is 1. The van der Waals surface area contributed by atoms with Crippen molar-refractivity contribution in [2.45, 2.75) is 108 Å². The third kappa shape index (κ3) is 5.91. The smallest absolute Gasteiger partial charge is 0.322 e. The van der Waals surface area contributed by atoms with Gasteiger partial charge in [0.05, 0.1) is 25.7 Å². The van der Waals surface area contributed by atoms with E-state index in [1.54, 1.807) is 27.9 Å². The van der Waals surface area contributed by atoms with E-state index in [0.717, 1.165) is 72.4 Å². The Balaban J connectivity index is 1.34. The molecular weight excluding hydrogens is 785 g/mol. The number of methoxy groups -OCH3 is 2. The van der Waals surface area contributed by atoms with Crippen LogP contribution in [0.4, 0.5) is 5.69 Å². The summed E-state index contributed by atoms with van der Waals surface area (Å²) in [5.74, 6) is -0.777. The zero-order valence-electron chi connectivity index (χ0n) is 37.9. The van der Waals surface area contributed by atoms with Crippen molar-refractivity contribution in [2.75, 3.05) is 65.5 Å².